The van der Waals surface area contributed by atoms with Gasteiger partial charge in [0.05, 0.1) is 6.07 Å². The summed E-state index contributed by atoms with van der Waals surface area (Å²) in [5.74, 6) is -0.528. The Bertz CT molecular complexity index is 872. The molecule has 5 nitrogen and oxygen atoms in total. The van der Waals surface area contributed by atoms with Crippen LogP contribution in [0, 0.1) is 11.3 Å². The molecule has 1 unspecified atom stereocenters. The molecule has 1 aliphatic rings. The number of hydrogen-bond acceptors (Lipinski definition) is 3. The molecule has 142 valence electrons. The van der Waals surface area contributed by atoms with E-state index in [-0.39, 0.29) is 11.8 Å². The second-order valence-corrected chi connectivity index (χ2v) is 6.81. The Labute approximate surface area is 165 Å². The lowest BCUT2D eigenvalue weighted by Crippen LogP contribution is -2.50. The van der Waals surface area contributed by atoms with E-state index in [4.69, 9.17) is 0 Å². The zero-order chi connectivity index (χ0) is 19.8. The number of amides is 2. The van der Waals surface area contributed by atoms with E-state index in [1.165, 1.54) is 6.08 Å². The number of nitrogens with zero attached hydrogens (tertiary/aromatic N) is 2. The summed E-state index contributed by atoms with van der Waals surface area (Å²) in [7, 11) is 0. The van der Waals surface area contributed by atoms with Gasteiger partial charge in [0.1, 0.15) is 12.1 Å². The van der Waals surface area contributed by atoms with Gasteiger partial charge in [0.2, 0.25) is 11.8 Å². The summed E-state index contributed by atoms with van der Waals surface area (Å²) < 4.78 is 0. The molecule has 2 aromatic carbocycles. The molecule has 1 heterocycles. The van der Waals surface area contributed by atoms with Crippen molar-refractivity contribution in [3.8, 4) is 6.07 Å². The molecule has 2 amide bonds. The molecule has 0 bridgehead atoms. The van der Waals surface area contributed by atoms with Crippen molar-refractivity contribution >= 4 is 17.9 Å². The van der Waals surface area contributed by atoms with Gasteiger partial charge in [0.25, 0.3) is 0 Å². The molecule has 28 heavy (non-hydrogen) atoms. The summed E-state index contributed by atoms with van der Waals surface area (Å²) in [6.07, 6.45) is 5.03. The summed E-state index contributed by atoms with van der Waals surface area (Å²) in [5, 5.41) is 12.1. The maximum atomic E-state index is 13.1. The average molecular weight is 373 g/mol. The predicted molar refractivity (Wildman–Crippen MR) is 108 cm³/mol. The Morgan fingerprint density at radius 2 is 1.82 bits per heavy atom. The maximum absolute atomic E-state index is 13.1. The fraction of sp³-hybridized carbons (Fsp3) is 0.261. The Balaban J connectivity index is 1.74. The van der Waals surface area contributed by atoms with Crippen LogP contribution in [-0.4, -0.2) is 35.3 Å². The van der Waals surface area contributed by atoms with Crippen LogP contribution in [0.15, 0.2) is 66.7 Å². The van der Waals surface area contributed by atoms with Crippen molar-refractivity contribution in [2.24, 2.45) is 0 Å². The van der Waals surface area contributed by atoms with Crippen molar-refractivity contribution in [2.75, 3.05) is 6.54 Å². The van der Waals surface area contributed by atoms with Gasteiger partial charge < -0.3 is 10.2 Å². The van der Waals surface area contributed by atoms with Crippen LogP contribution in [0.25, 0.3) is 6.08 Å². The molecule has 2 aromatic rings. The summed E-state index contributed by atoms with van der Waals surface area (Å²) >= 11 is 0. The number of hydrogen-bond donors (Lipinski definition) is 1. The van der Waals surface area contributed by atoms with Crippen molar-refractivity contribution in [1.82, 2.24) is 10.2 Å². The van der Waals surface area contributed by atoms with Gasteiger partial charge in [-0.2, -0.15) is 5.26 Å². The Hall–Kier alpha value is -3.39. The van der Waals surface area contributed by atoms with Crippen molar-refractivity contribution in [3.05, 3.63) is 77.9 Å². The second kappa shape index (κ2) is 9.52. The van der Waals surface area contributed by atoms with E-state index in [2.05, 4.69) is 11.4 Å². The first-order valence-electron chi connectivity index (χ1n) is 9.45. The van der Waals surface area contributed by atoms with Crippen molar-refractivity contribution < 1.29 is 9.59 Å². The van der Waals surface area contributed by atoms with Crippen LogP contribution >= 0.6 is 0 Å². The van der Waals surface area contributed by atoms with Gasteiger partial charge in [-0.3, -0.25) is 9.59 Å². The number of nitriles is 1. The fourth-order valence-electron chi connectivity index (χ4n) is 3.37. The van der Waals surface area contributed by atoms with Gasteiger partial charge in [0.15, 0.2) is 0 Å². The summed E-state index contributed by atoms with van der Waals surface area (Å²) in [6, 6.07) is 20.2. The molecule has 2 atom stereocenters. The van der Waals surface area contributed by atoms with Crippen LogP contribution in [0.3, 0.4) is 0 Å². The quantitative estimate of drug-likeness (QED) is 0.791. The summed E-state index contributed by atoms with van der Waals surface area (Å²) in [4.78, 5) is 27.1. The maximum Gasteiger partial charge on any atom is 0.246 e. The number of benzene rings is 2. The second-order valence-electron chi connectivity index (χ2n) is 6.81. The Morgan fingerprint density at radius 1 is 1.14 bits per heavy atom. The zero-order valence-electron chi connectivity index (χ0n) is 15.6. The van der Waals surface area contributed by atoms with Crippen LogP contribution in [0.5, 0.6) is 0 Å². The molecule has 0 spiro atoms. The van der Waals surface area contributed by atoms with Crippen LogP contribution in [0.4, 0.5) is 0 Å². The molecule has 5 heteroatoms. The molecular weight excluding hydrogens is 350 g/mol. The minimum atomic E-state index is -0.704. The van der Waals surface area contributed by atoms with Gasteiger partial charge in [-0.1, -0.05) is 60.7 Å². The Kier molecular flexibility index (Phi) is 6.59. The molecule has 1 aliphatic heterocycles. The van der Waals surface area contributed by atoms with Gasteiger partial charge in [-0.25, -0.2) is 0 Å². The topological polar surface area (TPSA) is 73.2 Å². The number of carbonyl (C=O) groups is 2. The molecule has 0 saturated carbocycles. The van der Waals surface area contributed by atoms with Crippen molar-refractivity contribution in [2.45, 2.75) is 31.3 Å². The zero-order valence-corrected chi connectivity index (χ0v) is 15.6. The molecule has 1 fully saturated rings. The highest BCUT2D eigenvalue weighted by Gasteiger charge is 2.33. The highest BCUT2D eigenvalue weighted by atomic mass is 16.2. The smallest absolute Gasteiger partial charge is 0.246 e. The molecule has 0 radical (unpaired) electrons. The van der Waals surface area contributed by atoms with E-state index < -0.39 is 12.1 Å². The molecule has 1 N–H and O–H groups in total. The average Bonchev–Trinajstić information content (AvgIpc) is 3.21. The molecule has 3 rings (SSSR count). The Morgan fingerprint density at radius 3 is 2.50 bits per heavy atom. The van der Waals surface area contributed by atoms with E-state index >= 15 is 0 Å². The fourth-order valence-corrected chi connectivity index (χ4v) is 3.37. The summed E-state index contributed by atoms with van der Waals surface area (Å²) in [5.41, 5.74) is 1.87. The number of rotatable bonds is 6. The highest BCUT2D eigenvalue weighted by molar-refractivity contribution is 5.95. The lowest BCUT2D eigenvalue weighted by atomic mass is 10.0. The predicted octanol–water partition coefficient (Wildman–Crippen LogP) is 2.94. The molecular formula is C23H23N3O2. The lowest BCUT2D eigenvalue weighted by molar-refractivity contribution is -0.135. The van der Waals surface area contributed by atoms with Gasteiger partial charge in [0, 0.05) is 19.0 Å². The first-order chi connectivity index (χ1) is 13.7. The van der Waals surface area contributed by atoms with Crippen molar-refractivity contribution in [1.29, 1.82) is 5.26 Å². The standard InChI is InChI=1S/C23H23N3O2/c24-17-20-12-7-15-26(20)23(28)21(16-19-10-5-2-6-11-19)25-22(27)14-13-18-8-3-1-4-9-18/h1-6,8-11,13-14,20-21H,7,12,15-16H2,(H,25,27)/b14-13+/t20-,21?/m0/s1. The monoisotopic (exact) mass is 373 g/mol. The van der Waals surface area contributed by atoms with Crippen molar-refractivity contribution in [3.63, 3.8) is 0 Å². The van der Waals surface area contributed by atoms with E-state index in [0.29, 0.717) is 19.4 Å². The van der Waals surface area contributed by atoms with E-state index in [9.17, 15) is 14.9 Å². The van der Waals surface area contributed by atoms with E-state index in [1.54, 1.807) is 11.0 Å². The lowest BCUT2D eigenvalue weighted by Gasteiger charge is -2.26. The SMILES string of the molecule is N#C[C@@H]1CCCN1C(=O)C(Cc1ccccc1)NC(=O)/C=C/c1ccccc1. The number of nitrogens with one attached hydrogen (secondary N) is 1. The first-order valence-corrected chi connectivity index (χ1v) is 9.45. The highest BCUT2D eigenvalue weighted by Crippen LogP contribution is 2.18. The first kappa shape index (κ1) is 19.4. The molecule has 0 aliphatic carbocycles. The normalized spacial score (nSPS) is 17.2. The number of carbonyl (C=O) groups excluding carboxylic acids is 2. The van der Waals surface area contributed by atoms with E-state index in [0.717, 1.165) is 17.5 Å². The third-order valence-electron chi connectivity index (χ3n) is 4.81. The number of likely N-dealkylation sites (tertiary alicyclic amines) is 1. The summed E-state index contributed by atoms with van der Waals surface area (Å²) in [6.45, 7) is 0.554. The van der Waals surface area contributed by atoms with Crippen LogP contribution in [-0.2, 0) is 16.0 Å². The van der Waals surface area contributed by atoms with Gasteiger partial charge >= 0.3 is 0 Å². The minimum absolute atomic E-state index is 0.200. The molecule has 0 aromatic heterocycles. The largest absolute Gasteiger partial charge is 0.340 e. The van der Waals surface area contributed by atoms with Gasteiger partial charge in [-0.05, 0) is 30.0 Å². The van der Waals surface area contributed by atoms with Crippen LogP contribution in [0.2, 0.25) is 0 Å². The minimum Gasteiger partial charge on any atom is -0.340 e. The third-order valence-corrected chi connectivity index (χ3v) is 4.81. The molecule has 1 saturated heterocycles. The van der Waals surface area contributed by atoms with Gasteiger partial charge in [-0.15, -0.1) is 0 Å². The van der Waals surface area contributed by atoms with Crippen LogP contribution in [0.1, 0.15) is 24.0 Å². The van der Waals surface area contributed by atoms with Crippen LogP contribution < -0.4 is 5.32 Å². The van der Waals surface area contributed by atoms with E-state index in [1.807, 2.05) is 60.7 Å². The third kappa shape index (κ3) is 5.08.